The third-order valence-electron chi connectivity index (χ3n) is 4.29. The molecule has 2 aliphatic heterocycles. The van der Waals surface area contributed by atoms with E-state index in [2.05, 4.69) is 5.32 Å². The summed E-state index contributed by atoms with van der Waals surface area (Å²) in [6.07, 6.45) is 3.67. The first-order valence-electron chi connectivity index (χ1n) is 7.39. The minimum absolute atomic E-state index is 0.0871. The minimum Gasteiger partial charge on any atom is -0.381 e. The number of amides is 2. The zero-order chi connectivity index (χ0) is 14.2. The number of carbonyl (C=O) groups is 1. The maximum absolute atomic E-state index is 12.4. The summed E-state index contributed by atoms with van der Waals surface area (Å²) in [4.78, 5) is 14.3. The van der Waals surface area contributed by atoms with Crippen LogP contribution in [0.2, 0.25) is 0 Å². The van der Waals surface area contributed by atoms with Crippen molar-refractivity contribution in [2.45, 2.75) is 37.8 Å². The Morgan fingerprint density at radius 3 is 2.60 bits per heavy atom. The first-order chi connectivity index (χ1) is 9.53. The fraction of sp³-hybridized carbons (Fsp3) is 0.923. The lowest BCUT2D eigenvalue weighted by atomic mass is 10.1. The third-order valence-corrected chi connectivity index (χ3v) is 6.06. The van der Waals surface area contributed by atoms with Gasteiger partial charge in [0.15, 0.2) is 9.84 Å². The molecule has 2 amide bonds. The Labute approximate surface area is 119 Å². The van der Waals surface area contributed by atoms with E-state index in [9.17, 15) is 13.2 Å². The van der Waals surface area contributed by atoms with Gasteiger partial charge in [-0.2, -0.15) is 0 Å². The van der Waals surface area contributed by atoms with Gasteiger partial charge in [0, 0.05) is 31.2 Å². The summed E-state index contributed by atoms with van der Waals surface area (Å²) in [6, 6.07) is 0.0312. The third kappa shape index (κ3) is 3.44. The minimum atomic E-state index is -2.95. The SMILES string of the molecule is O=C(N[C@H]1CCS(=O)(=O)C1)N(C[C@@H]1CCOC1)C1CC1. The highest BCUT2D eigenvalue weighted by Gasteiger charge is 2.37. The van der Waals surface area contributed by atoms with Crippen LogP contribution in [0.3, 0.4) is 0 Å². The van der Waals surface area contributed by atoms with E-state index >= 15 is 0 Å². The molecule has 1 N–H and O–H groups in total. The van der Waals surface area contributed by atoms with Crippen LogP contribution in [0.4, 0.5) is 4.79 Å². The van der Waals surface area contributed by atoms with Crippen LogP contribution in [0, 0.1) is 5.92 Å². The highest BCUT2D eigenvalue weighted by Crippen LogP contribution is 2.29. The van der Waals surface area contributed by atoms with Crippen molar-refractivity contribution < 1.29 is 17.9 Å². The number of hydrogen-bond acceptors (Lipinski definition) is 4. The predicted molar refractivity (Wildman–Crippen MR) is 74.2 cm³/mol. The van der Waals surface area contributed by atoms with E-state index in [-0.39, 0.29) is 23.6 Å². The molecule has 1 aliphatic carbocycles. The van der Waals surface area contributed by atoms with Crippen LogP contribution < -0.4 is 5.32 Å². The lowest BCUT2D eigenvalue weighted by molar-refractivity contribution is 0.161. The lowest BCUT2D eigenvalue weighted by Crippen LogP contribution is -2.48. The van der Waals surface area contributed by atoms with Gasteiger partial charge in [-0.15, -0.1) is 0 Å². The van der Waals surface area contributed by atoms with Crippen LogP contribution >= 0.6 is 0 Å². The quantitative estimate of drug-likeness (QED) is 0.815. The number of nitrogens with zero attached hydrogens (tertiary/aromatic N) is 1. The number of sulfone groups is 1. The van der Waals surface area contributed by atoms with Crippen molar-refractivity contribution in [3.05, 3.63) is 0 Å². The van der Waals surface area contributed by atoms with Crippen LogP contribution in [0.25, 0.3) is 0 Å². The van der Waals surface area contributed by atoms with Crippen molar-refractivity contribution in [2.24, 2.45) is 5.92 Å². The van der Waals surface area contributed by atoms with Crippen molar-refractivity contribution in [1.29, 1.82) is 0 Å². The Kier molecular flexibility index (Phi) is 3.90. The van der Waals surface area contributed by atoms with Crippen molar-refractivity contribution in [1.82, 2.24) is 10.2 Å². The molecule has 3 aliphatic rings. The monoisotopic (exact) mass is 302 g/mol. The standard InChI is InChI=1S/C13H22N2O4S/c16-13(14-11-4-6-20(17,18)9-11)15(12-1-2-12)7-10-3-5-19-8-10/h10-12H,1-9H2,(H,14,16)/t10-,11-/m0/s1. The van der Waals surface area contributed by atoms with Crippen LogP contribution in [0.1, 0.15) is 25.7 Å². The van der Waals surface area contributed by atoms with Crippen molar-refractivity contribution >= 4 is 15.9 Å². The topological polar surface area (TPSA) is 75.7 Å². The normalized spacial score (nSPS) is 32.2. The number of urea groups is 1. The highest BCUT2D eigenvalue weighted by atomic mass is 32.2. The molecular weight excluding hydrogens is 280 g/mol. The fourth-order valence-electron chi connectivity index (χ4n) is 2.96. The van der Waals surface area contributed by atoms with Gasteiger partial charge in [-0.05, 0) is 25.7 Å². The van der Waals surface area contributed by atoms with Gasteiger partial charge in [-0.1, -0.05) is 0 Å². The number of ether oxygens (including phenoxy) is 1. The fourth-order valence-corrected chi connectivity index (χ4v) is 4.63. The first kappa shape index (κ1) is 14.1. The molecular formula is C13H22N2O4S. The van der Waals surface area contributed by atoms with Gasteiger partial charge >= 0.3 is 6.03 Å². The second-order valence-corrected chi connectivity index (χ2v) is 8.39. The Hall–Kier alpha value is -0.820. The summed E-state index contributed by atoms with van der Waals surface area (Å²) in [5.41, 5.74) is 0. The van der Waals surface area contributed by atoms with Gasteiger partial charge in [0.2, 0.25) is 0 Å². The molecule has 0 unspecified atom stereocenters. The molecule has 0 aromatic carbocycles. The lowest BCUT2D eigenvalue weighted by Gasteiger charge is -2.26. The molecule has 114 valence electrons. The number of nitrogens with one attached hydrogen (secondary N) is 1. The Balaban J connectivity index is 1.55. The maximum atomic E-state index is 12.4. The van der Waals surface area contributed by atoms with Crippen LogP contribution in [0.5, 0.6) is 0 Å². The summed E-state index contributed by atoms with van der Waals surface area (Å²) < 4.78 is 28.2. The molecule has 7 heteroatoms. The Bertz CT molecular complexity index is 469. The van der Waals surface area contributed by atoms with Crippen molar-refractivity contribution in [2.75, 3.05) is 31.3 Å². The molecule has 2 atom stereocenters. The molecule has 2 saturated heterocycles. The largest absolute Gasteiger partial charge is 0.381 e. The number of rotatable bonds is 4. The van der Waals surface area contributed by atoms with E-state index in [1.807, 2.05) is 4.90 Å². The molecule has 20 heavy (non-hydrogen) atoms. The second-order valence-electron chi connectivity index (χ2n) is 6.16. The molecule has 6 nitrogen and oxygen atoms in total. The molecule has 0 aromatic heterocycles. The van der Waals surface area contributed by atoms with E-state index in [1.54, 1.807) is 0 Å². The molecule has 2 heterocycles. The molecule has 0 bridgehead atoms. The average molecular weight is 302 g/mol. The van der Waals surface area contributed by atoms with E-state index in [4.69, 9.17) is 4.74 Å². The van der Waals surface area contributed by atoms with E-state index < -0.39 is 9.84 Å². The summed E-state index contributed by atoms with van der Waals surface area (Å²) in [6.45, 7) is 2.25. The summed E-state index contributed by atoms with van der Waals surface area (Å²) in [5, 5.41) is 2.90. The van der Waals surface area contributed by atoms with Gasteiger partial charge < -0.3 is 15.0 Å². The van der Waals surface area contributed by atoms with E-state index in [0.717, 1.165) is 39.0 Å². The molecule has 0 spiro atoms. The smallest absolute Gasteiger partial charge is 0.317 e. The number of hydrogen-bond donors (Lipinski definition) is 1. The summed E-state index contributed by atoms with van der Waals surface area (Å²) in [7, 11) is -2.95. The van der Waals surface area contributed by atoms with Crippen molar-refractivity contribution in [3.8, 4) is 0 Å². The maximum Gasteiger partial charge on any atom is 0.317 e. The van der Waals surface area contributed by atoms with Gasteiger partial charge in [-0.3, -0.25) is 0 Å². The first-order valence-corrected chi connectivity index (χ1v) is 9.21. The summed E-state index contributed by atoms with van der Waals surface area (Å²) >= 11 is 0. The molecule has 3 rings (SSSR count). The zero-order valence-electron chi connectivity index (χ0n) is 11.6. The number of carbonyl (C=O) groups excluding carboxylic acids is 1. The van der Waals surface area contributed by atoms with E-state index in [1.165, 1.54) is 0 Å². The Morgan fingerprint density at radius 1 is 1.25 bits per heavy atom. The predicted octanol–water partition coefficient (Wildman–Crippen LogP) is 0.384. The molecule has 3 fully saturated rings. The molecule has 0 aromatic rings. The van der Waals surface area contributed by atoms with Gasteiger partial charge in [-0.25, -0.2) is 13.2 Å². The van der Waals surface area contributed by atoms with Crippen LogP contribution in [-0.4, -0.2) is 62.7 Å². The van der Waals surface area contributed by atoms with Gasteiger partial charge in [0.05, 0.1) is 18.1 Å². The van der Waals surface area contributed by atoms with Gasteiger partial charge in [0.25, 0.3) is 0 Å². The highest BCUT2D eigenvalue weighted by molar-refractivity contribution is 7.91. The van der Waals surface area contributed by atoms with E-state index in [0.29, 0.717) is 18.4 Å². The van der Waals surface area contributed by atoms with Crippen LogP contribution in [-0.2, 0) is 14.6 Å². The van der Waals surface area contributed by atoms with Gasteiger partial charge in [0.1, 0.15) is 0 Å². The summed E-state index contributed by atoms with van der Waals surface area (Å²) in [5.74, 6) is 0.704. The molecule has 1 saturated carbocycles. The average Bonchev–Trinajstić information content (AvgIpc) is 2.98. The zero-order valence-corrected chi connectivity index (χ0v) is 12.4. The van der Waals surface area contributed by atoms with Crippen molar-refractivity contribution in [3.63, 3.8) is 0 Å². The Morgan fingerprint density at radius 2 is 2.05 bits per heavy atom. The second kappa shape index (κ2) is 5.52. The van der Waals surface area contributed by atoms with Crippen LogP contribution in [0.15, 0.2) is 0 Å². The molecule has 0 radical (unpaired) electrons.